The molecule has 1 unspecified atom stereocenters. The summed E-state index contributed by atoms with van der Waals surface area (Å²) >= 11 is 0. The van der Waals surface area contributed by atoms with E-state index in [2.05, 4.69) is 5.32 Å². The molecule has 9 heteroatoms. The lowest BCUT2D eigenvalue weighted by Crippen LogP contribution is -2.41. The third-order valence-corrected chi connectivity index (χ3v) is 5.12. The van der Waals surface area contributed by atoms with Gasteiger partial charge in [0.1, 0.15) is 5.82 Å². The van der Waals surface area contributed by atoms with Crippen molar-refractivity contribution in [1.29, 1.82) is 0 Å². The van der Waals surface area contributed by atoms with Gasteiger partial charge in [-0.05, 0) is 55.2 Å². The molecule has 1 heterocycles. The van der Waals surface area contributed by atoms with E-state index in [1.54, 1.807) is 30.9 Å². The van der Waals surface area contributed by atoms with Crippen molar-refractivity contribution in [3.63, 3.8) is 0 Å². The van der Waals surface area contributed by atoms with Crippen LogP contribution in [0.2, 0.25) is 0 Å². The fourth-order valence-corrected chi connectivity index (χ4v) is 3.68. The van der Waals surface area contributed by atoms with Gasteiger partial charge in [-0.3, -0.25) is 9.59 Å². The molecule has 1 aliphatic heterocycles. The summed E-state index contributed by atoms with van der Waals surface area (Å²) in [5.41, 5.74) is 1.00. The second kappa shape index (κ2) is 8.66. The standard InChI is InChI=1S/C22H22F4N2O3/c1-12-3-5-16-15(7-8-28(21(16)31)11-13(2)29)20(12)27-19(30)10-14-4-6-17(18(23)9-14)22(24,25)26/h3-6,9,13,29H,7-8,10-11H2,1-2H3,(H,27,30). The number of β-amino-alcohol motifs (C(OH)–C–C–N with tert-alkyl or cyclic N) is 1. The van der Waals surface area contributed by atoms with E-state index >= 15 is 0 Å². The Balaban J connectivity index is 1.79. The first-order valence-corrected chi connectivity index (χ1v) is 9.72. The Morgan fingerprint density at radius 2 is 1.97 bits per heavy atom. The number of aryl methyl sites for hydroxylation is 1. The first-order valence-electron chi connectivity index (χ1n) is 9.72. The van der Waals surface area contributed by atoms with Crippen LogP contribution in [0.25, 0.3) is 0 Å². The maximum atomic E-state index is 13.8. The molecule has 0 saturated carbocycles. The van der Waals surface area contributed by atoms with Crippen LogP contribution in [0.5, 0.6) is 0 Å². The minimum Gasteiger partial charge on any atom is -0.392 e. The predicted octanol–water partition coefficient (Wildman–Crippen LogP) is 3.71. The van der Waals surface area contributed by atoms with Gasteiger partial charge in [-0.15, -0.1) is 0 Å². The Bertz CT molecular complexity index is 1020. The summed E-state index contributed by atoms with van der Waals surface area (Å²) < 4.78 is 51.9. The molecule has 2 aromatic rings. The molecule has 0 bridgehead atoms. The number of halogens is 4. The zero-order valence-corrected chi connectivity index (χ0v) is 17.0. The molecule has 2 amide bonds. The van der Waals surface area contributed by atoms with Gasteiger partial charge in [-0.1, -0.05) is 12.1 Å². The number of aliphatic hydroxyl groups excluding tert-OH is 1. The molecule has 0 aliphatic carbocycles. The van der Waals surface area contributed by atoms with E-state index < -0.39 is 29.6 Å². The summed E-state index contributed by atoms with van der Waals surface area (Å²) in [7, 11) is 0. The third kappa shape index (κ3) is 5.04. The van der Waals surface area contributed by atoms with Crippen molar-refractivity contribution in [3.05, 3.63) is 64.0 Å². The van der Waals surface area contributed by atoms with Crippen molar-refractivity contribution in [3.8, 4) is 0 Å². The molecule has 0 radical (unpaired) electrons. The average molecular weight is 438 g/mol. The molecule has 5 nitrogen and oxygen atoms in total. The highest BCUT2D eigenvalue weighted by Gasteiger charge is 2.34. The van der Waals surface area contributed by atoms with Crippen LogP contribution in [-0.2, 0) is 23.8 Å². The molecule has 2 aromatic carbocycles. The number of carbonyl (C=O) groups excluding carboxylic acids is 2. The summed E-state index contributed by atoms with van der Waals surface area (Å²) in [6, 6.07) is 5.74. The van der Waals surface area contributed by atoms with Crippen LogP contribution in [0.3, 0.4) is 0 Å². The van der Waals surface area contributed by atoms with Gasteiger partial charge in [0.25, 0.3) is 5.91 Å². The molecule has 1 atom stereocenters. The first kappa shape index (κ1) is 22.7. The fraction of sp³-hybridized carbons (Fsp3) is 0.364. The smallest absolute Gasteiger partial charge is 0.392 e. The molecule has 0 fully saturated rings. The number of rotatable bonds is 5. The summed E-state index contributed by atoms with van der Waals surface area (Å²) in [5.74, 6) is -2.22. The highest BCUT2D eigenvalue weighted by molar-refractivity contribution is 6.01. The number of hydrogen-bond donors (Lipinski definition) is 2. The highest BCUT2D eigenvalue weighted by Crippen LogP contribution is 2.32. The van der Waals surface area contributed by atoms with Gasteiger partial charge in [0, 0.05) is 24.3 Å². The third-order valence-electron chi connectivity index (χ3n) is 5.12. The predicted molar refractivity (Wildman–Crippen MR) is 106 cm³/mol. The van der Waals surface area contributed by atoms with Crippen LogP contribution < -0.4 is 5.32 Å². The second-order valence-electron chi connectivity index (χ2n) is 7.67. The lowest BCUT2D eigenvalue weighted by molar-refractivity contribution is -0.140. The van der Waals surface area contributed by atoms with Gasteiger partial charge in [0.15, 0.2) is 0 Å². The number of nitrogens with one attached hydrogen (secondary N) is 1. The van der Waals surface area contributed by atoms with E-state index in [-0.39, 0.29) is 24.4 Å². The molecule has 0 saturated heterocycles. The van der Waals surface area contributed by atoms with Gasteiger partial charge >= 0.3 is 6.18 Å². The number of anilines is 1. The topological polar surface area (TPSA) is 69.6 Å². The average Bonchev–Trinajstić information content (AvgIpc) is 2.65. The lowest BCUT2D eigenvalue weighted by Gasteiger charge is -2.31. The normalized spacial score (nSPS) is 14.9. The zero-order valence-electron chi connectivity index (χ0n) is 17.0. The van der Waals surface area contributed by atoms with Crippen molar-refractivity contribution in [1.82, 2.24) is 4.90 Å². The monoisotopic (exact) mass is 438 g/mol. The molecule has 0 spiro atoms. The van der Waals surface area contributed by atoms with Crippen LogP contribution in [-0.4, -0.2) is 41.0 Å². The van der Waals surface area contributed by atoms with Crippen molar-refractivity contribution >= 4 is 17.5 Å². The Kier molecular flexibility index (Phi) is 6.35. The van der Waals surface area contributed by atoms with Crippen LogP contribution >= 0.6 is 0 Å². The molecule has 2 N–H and O–H groups in total. The Morgan fingerprint density at radius 3 is 2.58 bits per heavy atom. The maximum Gasteiger partial charge on any atom is 0.419 e. The van der Waals surface area contributed by atoms with E-state index in [9.17, 15) is 32.3 Å². The van der Waals surface area contributed by atoms with E-state index in [1.807, 2.05) is 0 Å². The van der Waals surface area contributed by atoms with E-state index in [1.165, 1.54) is 0 Å². The fourth-order valence-electron chi connectivity index (χ4n) is 3.68. The maximum absolute atomic E-state index is 13.8. The molecule has 31 heavy (non-hydrogen) atoms. The van der Waals surface area contributed by atoms with Gasteiger partial charge in [-0.25, -0.2) is 4.39 Å². The van der Waals surface area contributed by atoms with Gasteiger partial charge in [-0.2, -0.15) is 13.2 Å². The van der Waals surface area contributed by atoms with E-state index in [0.717, 1.165) is 11.6 Å². The first-order chi connectivity index (χ1) is 14.5. The summed E-state index contributed by atoms with van der Waals surface area (Å²) in [4.78, 5) is 26.8. The lowest BCUT2D eigenvalue weighted by atomic mass is 9.94. The molecule has 3 rings (SSSR count). The summed E-state index contributed by atoms with van der Waals surface area (Å²) in [6.07, 6.45) is -5.32. The minimum atomic E-state index is -4.81. The Labute approximate surface area is 176 Å². The number of alkyl halides is 3. The Morgan fingerprint density at radius 1 is 1.26 bits per heavy atom. The molecule has 166 valence electrons. The highest BCUT2D eigenvalue weighted by atomic mass is 19.4. The summed E-state index contributed by atoms with van der Waals surface area (Å²) in [5, 5.41) is 12.3. The molecular formula is C22H22F4N2O3. The van der Waals surface area contributed by atoms with Gasteiger partial charge < -0.3 is 15.3 Å². The molecule has 0 aromatic heterocycles. The van der Waals surface area contributed by atoms with Gasteiger partial charge in [0.2, 0.25) is 5.91 Å². The second-order valence-corrected chi connectivity index (χ2v) is 7.67. The van der Waals surface area contributed by atoms with Crippen LogP contribution in [0.15, 0.2) is 30.3 Å². The molecule has 1 aliphatic rings. The van der Waals surface area contributed by atoms with Crippen molar-refractivity contribution in [2.45, 2.75) is 39.0 Å². The number of aliphatic hydroxyl groups is 1. The number of amides is 2. The van der Waals surface area contributed by atoms with Crippen LogP contribution in [0.1, 0.15) is 39.5 Å². The minimum absolute atomic E-state index is 0.102. The summed E-state index contributed by atoms with van der Waals surface area (Å²) in [6.45, 7) is 3.94. The van der Waals surface area contributed by atoms with Gasteiger partial charge in [0.05, 0.1) is 18.1 Å². The number of hydrogen-bond acceptors (Lipinski definition) is 3. The van der Waals surface area contributed by atoms with Crippen molar-refractivity contribution in [2.24, 2.45) is 0 Å². The largest absolute Gasteiger partial charge is 0.419 e. The number of carbonyl (C=O) groups is 2. The quantitative estimate of drug-likeness (QED) is 0.700. The van der Waals surface area contributed by atoms with Crippen LogP contribution in [0, 0.1) is 12.7 Å². The zero-order chi connectivity index (χ0) is 22.9. The number of nitrogens with zero attached hydrogens (tertiary/aromatic N) is 1. The Hall–Kier alpha value is -2.94. The van der Waals surface area contributed by atoms with E-state index in [4.69, 9.17) is 0 Å². The number of benzene rings is 2. The van der Waals surface area contributed by atoms with Crippen LogP contribution in [0.4, 0.5) is 23.2 Å². The SMILES string of the molecule is Cc1ccc2c(c1NC(=O)Cc1ccc(C(F)(F)F)c(F)c1)CCN(CC(C)O)C2=O. The number of fused-ring (bicyclic) bond motifs is 1. The van der Waals surface area contributed by atoms with Crippen molar-refractivity contribution < 1.29 is 32.3 Å². The van der Waals surface area contributed by atoms with Crippen molar-refractivity contribution in [2.75, 3.05) is 18.4 Å². The molecular weight excluding hydrogens is 416 g/mol. The van der Waals surface area contributed by atoms with E-state index in [0.29, 0.717) is 41.9 Å².